The lowest BCUT2D eigenvalue weighted by Gasteiger charge is -2.38. The van der Waals surface area contributed by atoms with Crippen LogP contribution in [0.4, 0.5) is 17.1 Å². The molecule has 7 aromatic rings. The van der Waals surface area contributed by atoms with Gasteiger partial charge in [-0.1, -0.05) is 223 Å². The van der Waals surface area contributed by atoms with Crippen LogP contribution in [0.5, 0.6) is 0 Å². The fraction of sp³-hybridized carbons (Fsp3) is 0.260. The van der Waals surface area contributed by atoms with Crippen LogP contribution in [-0.2, 0) is 22.7 Å². The van der Waals surface area contributed by atoms with E-state index in [4.69, 9.17) is 0 Å². The summed E-state index contributed by atoms with van der Waals surface area (Å²) in [5.41, 5.74) is 23.6. The van der Waals surface area contributed by atoms with E-state index in [1.807, 2.05) is 0 Å². The average molecular weight is 960 g/mol. The summed E-state index contributed by atoms with van der Waals surface area (Å²) < 4.78 is 0. The van der Waals surface area contributed by atoms with E-state index in [0.717, 1.165) is 38.5 Å². The van der Waals surface area contributed by atoms with Crippen molar-refractivity contribution in [1.82, 2.24) is 0 Å². The van der Waals surface area contributed by atoms with E-state index in [-0.39, 0.29) is 33.5 Å². The standard InChI is InChI=1S/C73H69N/c1-6-70(7-2)66-30-20-19-29-61(66)62-38-31-51(32-39-67(62)70)43-63(50(5)52-23-13-10-14-24-52)56-34-33-54-44-57(53-25-15-11-16-26-53)45-55-35-36-59(47-65(55)64(54)46-56)74(58-27-17-12-18-28-58)60-37-40-68-69(48-60)71(8-3,9-4)73-42-22-21-41-72(68,73)49-73/h10-42,44,46-48,50,63,67H,6-9,43,45,49H2,1-5H3. The first kappa shape index (κ1) is 46.6. The summed E-state index contributed by atoms with van der Waals surface area (Å²) in [6, 6.07) is 64.9. The van der Waals surface area contributed by atoms with Crippen molar-refractivity contribution in [1.29, 1.82) is 0 Å². The Morgan fingerprint density at radius 2 is 1.27 bits per heavy atom. The van der Waals surface area contributed by atoms with E-state index >= 15 is 0 Å². The fourth-order valence-electron chi connectivity index (χ4n) is 15.8. The first-order valence-electron chi connectivity index (χ1n) is 27.9. The summed E-state index contributed by atoms with van der Waals surface area (Å²) in [6.07, 6.45) is 29.7. The summed E-state index contributed by atoms with van der Waals surface area (Å²) in [7, 11) is 0. The minimum absolute atomic E-state index is 0.0946. The van der Waals surface area contributed by atoms with Crippen LogP contribution in [-0.4, -0.2) is 0 Å². The third kappa shape index (κ3) is 6.88. The molecule has 6 aliphatic carbocycles. The smallest absolute Gasteiger partial charge is 0.0468 e. The number of rotatable bonds is 13. The van der Waals surface area contributed by atoms with Gasteiger partial charge >= 0.3 is 0 Å². The molecule has 5 unspecified atom stereocenters. The maximum Gasteiger partial charge on any atom is 0.0468 e. The second-order valence-corrected chi connectivity index (χ2v) is 22.5. The minimum atomic E-state index is 0.0946. The molecular weight excluding hydrogens is 891 g/mol. The predicted molar refractivity (Wildman–Crippen MR) is 313 cm³/mol. The van der Waals surface area contributed by atoms with Gasteiger partial charge in [0.05, 0.1) is 0 Å². The van der Waals surface area contributed by atoms with Gasteiger partial charge in [-0.3, -0.25) is 0 Å². The summed E-state index contributed by atoms with van der Waals surface area (Å²) in [5, 5.41) is 0. The molecule has 7 aromatic carbocycles. The van der Waals surface area contributed by atoms with Gasteiger partial charge in [-0.2, -0.15) is 0 Å². The summed E-state index contributed by atoms with van der Waals surface area (Å²) >= 11 is 0. The molecule has 1 heteroatoms. The van der Waals surface area contributed by atoms with Crippen molar-refractivity contribution in [3.8, 4) is 11.1 Å². The fourth-order valence-corrected chi connectivity index (χ4v) is 15.8. The van der Waals surface area contributed by atoms with Crippen molar-refractivity contribution in [2.75, 3.05) is 4.90 Å². The summed E-state index contributed by atoms with van der Waals surface area (Å²) in [4.78, 5) is 2.53. The third-order valence-electron chi connectivity index (χ3n) is 19.8. The lowest BCUT2D eigenvalue weighted by atomic mass is 9.65. The highest BCUT2D eigenvalue weighted by molar-refractivity contribution is 5.94. The highest BCUT2D eigenvalue weighted by Crippen LogP contribution is 2.82. The summed E-state index contributed by atoms with van der Waals surface area (Å²) in [6.45, 7) is 12.1. The van der Waals surface area contributed by atoms with Crippen molar-refractivity contribution in [3.05, 3.63) is 274 Å². The van der Waals surface area contributed by atoms with Gasteiger partial charge in [0.15, 0.2) is 0 Å². The van der Waals surface area contributed by atoms with E-state index in [1.165, 1.54) is 95.8 Å². The number of hydrogen-bond acceptors (Lipinski definition) is 1. The van der Waals surface area contributed by atoms with E-state index < -0.39 is 0 Å². The molecule has 0 N–H and O–H groups in total. The number of anilines is 3. The molecule has 1 saturated carbocycles. The van der Waals surface area contributed by atoms with Crippen molar-refractivity contribution >= 4 is 34.3 Å². The van der Waals surface area contributed by atoms with Crippen LogP contribution in [0.3, 0.4) is 0 Å². The van der Waals surface area contributed by atoms with Gasteiger partial charge in [-0.05, 0) is 171 Å². The maximum absolute atomic E-state index is 2.59. The van der Waals surface area contributed by atoms with Gasteiger partial charge in [0, 0.05) is 44.6 Å². The Bertz CT molecular complexity index is 3500. The molecule has 13 rings (SSSR count). The predicted octanol–water partition coefficient (Wildman–Crippen LogP) is 19.3. The number of fused-ring (bicyclic) bond motifs is 7. The number of allylic oxidation sites excluding steroid dienone is 11. The number of hydrogen-bond donors (Lipinski definition) is 0. The second-order valence-electron chi connectivity index (χ2n) is 22.5. The van der Waals surface area contributed by atoms with Crippen LogP contribution in [0.2, 0.25) is 0 Å². The van der Waals surface area contributed by atoms with Crippen molar-refractivity contribution < 1.29 is 0 Å². The van der Waals surface area contributed by atoms with Crippen LogP contribution in [0, 0.1) is 11.3 Å². The molecule has 74 heavy (non-hydrogen) atoms. The Morgan fingerprint density at radius 1 is 0.568 bits per heavy atom. The Morgan fingerprint density at radius 3 is 2.04 bits per heavy atom. The average Bonchev–Trinajstić information content (AvgIpc) is 4.13. The number of para-hydroxylation sites is 1. The van der Waals surface area contributed by atoms with Gasteiger partial charge in [-0.25, -0.2) is 0 Å². The molecule has 0 bridgehead atoms. The lowest BCUT2D eigenvalue weighted by Crippen LogP contribution is -2.34. The highest BCUT2D eigenvalue weighted by Gasteiger charge is 2.78. The van der Waals surface area contributed by atoms with Crippen LogP contribution >= 0.6 is 0 Å². The zero-order valence-corrected chi connectivity index (χ0v) is 44.0. The van der Waals surface area contributed by atoms with Gasteiger partial charge < -0.3 is 4.90 Å². The molecule has 1 fully saturated rings. The quantitative estimate of drug-likeness (QED) is 0.111. The lowest BCUT2D eigenvalue weighted by molar-refractivity contribution is 0.275. The molecule has 0 amide bonds. The van der Waals surface area contributed by atoms with Crippen LogP contribution < -0.4 is 4.90 Å². The molecule has 0 radical (unpaired) electrons. The normalized spacial score (nSPS) is 22.4. The van der Waals surface area contributed by atoms with Gasteiger partial charge in [0.2, 0.25) is 0 Å². The minimum Gasteiger partial charge on any atom is -0.310 e. The van der Waals surface area contributed by atoms with Crippen LogP contribution in [0.25, 0.3) is 28.3 Å². The molecule has 0 heterocycles. The molecule has 0 aromatic heterocycles. The highest BCUT2D eigenvalue weighted by atomic mass is 15.1. The van der Waals surface area contributed by atoms with E-state index in [2.05, 4.69) is 264 Å². The van der Waals surface area contributed by atoms with Crippen molar-refractivity contribution in [2.45, 2.75) is 108 Å². The number of nitrogens with zero attached hydrogens (tertiary/aromatic N) is 1. The molecular formula is C73H69N. The van der Waals surface area contributed by atoms with Crippen molar-refractivity contribution in [3.63, 3.8) is 0 Å². The molecule has 0 spiro atoms. The van der Waals surface area contributed by atoms with Crippen molar-refractivity contribution in [2.24, 2.45) is 11.3 Å². The topological polar surface area (TPSA) is 3.24 Å². The Kier molecular flexibility index (Phi) is 11.3. The third-order valence-corrected chi connectivity index (χ3v) is 19.8. The van der Waals surface area contributed by atoms with E-state index in [9.17, 15) is 0 Å². The first-order valence-corrected chi connectivity index (χ1v) is 27.9. The zero-order chi connectivity index (χ0) is 50.2. The SMILES string of the molecule is CCC1(CC)c2ccccc2C2=CC=C(CC(c3ccc4c(c3)-c3cc(N(c5ccccc5)c5ccc6c(c5)C(CC)(CC)C57C=CC=CC65C7)ccc3CC(c3ccccc3)=C4)C(C)c3ccccc3)C=CC21. The van der Waals surface area contributed by atoms with Gasteiger partial charge in [0.1, 0.15) is 0 Å². The molecule has 5 atom stereocenters. The molecule has 0 saturated heterocycles. The molecule has 1 nitrogen and oxygen atoms in total. The monoisotopic (exact) mass is 960 g/mol. The Labute approximate surface area is 441 Å². The second kappa shape index (κ2) is 18.0. The summed E-state index contributed by atoms with van der Waals surface area (Å²) in [5.74, 6) is 0.887. The Balaban J connectivity index is 0.951. The van der Waals surface area contributed by atoms with E-state index in [0.29, 0.717) is 5.92 Å². The maximum atomic E-state index is 2.59. The zero-order valence-electron chi connectivity index (χ0n) is 44.0. The molecule has 0 aliphatic heterocycles. The van der Waals surface area contributed by atoms with Gasteiger partial charge in [-0.15, -0.1) is 0 Å². The largest absolute Gasteiger partial charge is 0.310 e. The van der Waals surface area contributed by atoms with Gasteiger partial charge in [0.25, 0.3) is 0 Å². The molecule has 6 aliphatic rings. The van der Waals surface area contributed by atoms with E-state index in [1.54, 1.807) is 5.56 Å². The number of benzene rings is 7. The van der Waals surface area contributed by atoms with Crippen LogP contribution in [0.1, 0.15) is 135 Å². The molecule has 366 valence electrons. The Hall–Kier alpha value is -7.22. The first-order chi connectivity index (χ1) is 36.3. The van der Waals surface area contributed by atoms with Crippen LogP contribution in [0.15, 0.2) is 224 Å².